The Labute approximate surface area is 204 Å². The van der Waals surface area contributed by atoms with E-state index in [9.17, 15) is 14.9 Å². The zero-order valence-corrected chi connectivity index (χ0v) is 19.8. The van der Waals surface area contributed by atoms with Gasteiger partial charge in [-0.1, -0.05) is 0 Å². The third kappa shape index (κ3) is 5.14. The van der Waals surface area contributed by atoms with Crippen molar-refractivity contribution >= 4 is 56.5 Å². The molecule has 0 spiro atoms. The van der Waals surface area contributed by atoms with E-state index in [-0.39, 0.29) is 17.0 Å². The van der Waals surface area contributed by atoms with Crippen LogP contribution in [0.2, 0.25) is 0 Å². The molecule has 5 rings (SSSR count). The molecule has 1 aliphatic rings. The average Bonchev–Trinajstić information content (AvgIpc) is 3.43. The van der Waals surface area contributed by atoms with E-state index in [4.69, 9.17) is 9.72 Å². The number of amides is 1. The van der Waals surface area contributed by atoms with Crippen molar-refractivity contribution in [2.24, 2.45) is 0 Å². The Morgan fingerprint density at radius 1 is 1.09 bits per heavy atom. The standard InChI is InChI=1S/C24H22N6O4S/c1-14-13-35-21-19(14)20(29-24(2)11-12-24)27-22(28-21)25-15-3-5-16(6-4-15)26-23(31)34-18-9-7-17(8-10-18)30(32)33/h3-10,13H,11-12H2,1-2H3,(H,26,31)(H2,25,27,28,29). The van der Waals surface area contributed by atoms with Crippen LogP contribution in [0, 0.1) is 17.0 Å². The van der Waals surface area contributed by atoms with Gasteiger partial charge in [-0.2, -0.15) is 4.98 Å². The first-order valence-corrected chi connectivity index (χ1v) is 11.8. The number of benzene rings is 2. The van der Waals surface area contributed by atoms with Crippen LogP contribution in [0.5, 0.6) is 5.75 Å². The minimum Gasteiger partial charge on any atom is -0.410 e. The molecule has 0 saturated heterocycles. The Hall–Kier alpha value is -4.25. The van der Waals surface area contributed by atoms with Gasteiger partial charge in [0, 0.05) is 29.0 Å². The largest absolute Gasteiger partial charge is 0.417 e. The van der Waals surface area contributed by atoms with Crippen LogP contribution in [0.1, 0.15) is 25.3 Å². The molecule has 10 nitrogen and oxygen atoms in total. The van der Waals surface area contributed by atoms with Crippen LogP contribution in [0.4, 0.5) is 33.6 Å². The summed E-state index contributed by atoms with van der Waals surface area (Å²) in [4.78, 5) is 32.7. The summed E-state index contributed by atoms with van der Waals surface area (Å²) in [5.41, 5.74) is 2.44. The molecule has 178 valence electrons. The van der Waals surface area contributed by atoms with E-state index >= 15 is 0 Å². The molecule has 1 saturated carbocycles. The van der Waals surface area contributed by atoms with Crippen LogP contribution >= 0.6 is 11.3 Å². The second-order valence-electron chi connectivity index (χ2n) is 8.65. The van der Waals surface area contributed by atoms with Gasteiger partial charge in [-0.25, -0.2) is 9.78 Å². The Kier molecular flexibility index (Phi) is 5.69. The summed E-state index contributed by atoms with van der Waals surface area (Å²) in [7, 11) is 0. The van der Waals surface area contributed by atoms with Crippen molar-refractivity contribution in [1.29, 1.82) is 0 Å². The van der Waals surface area contributed by atoms with Gasteiger partial charge < -0.3 is 15.4 Å². The summed E-state index contributed by atoms with van der Waals surface area (Å²) < 4.78 is 5.17. The fourth-order valence-electron chi connectivity index (χ4n) is 3.48. The number of aryl methyl sites for hydroxylation is 1. The molecule has 11 heteroatoms. The van der Waals surface area contributed by atoms with Crippen molar-refractivity contribution in [2.75, 3.05) is 16.0 Å². The topological polar surface area (TPSA) is 131 Å². The van der Waals surface area contributed by atoms with Gasteiger partial charge in [-0.15, -0.1) is 11.3 Å². The zero-order valence-electron chi connectivity index (χ0n) is 19.0. The number of non-ortho nitro benzene ring substituents is 1. The van der Waals surface area contributed by atoms with Crippen molar-refractivity contribution in [3.8, 4) is 5.75 Å². The molecule has 3 N–H and O–H groups in total. The van der Waals surface area contributed by atoms with Crippen molar-refractivity contribution in [2.45, 2.75) is 32.2 Å². The molecule has 1 fully saturated rings. The van der Waals surface area contributed by atoms with E-state index in [0.717, 1.165) is 40.1 Å². The van der Waals surface area contributed by atoms with Crippen molar-refractivity contribution in [3.63, 3.8) is 0 Å². The third-order valence-electron chi connectivity index (χ3n) is 5.68. The number of anilines is 4. The summed E-state index contributed by atoms with van der Waals surface area (Å²) in [6.07, 6.45) is 1.53. The third-order valence-corrected chi connectivity index (χ3v) is 6.67. The molecule has 0 atom stereocenters. The molecule has 1 aliphatic carbocycles. The summed E-state index contributed by atoms with van der Waals surface area (Å²) in [6.45, 7) is 4.25. The first-order chi connectivity index (χ1) is 16.8. The number of hydrogen-bond donors (Lipinski definition) is 3. The Bertz CT molecular complexity index is 1410. The summed E-state index contributed by atoms with van der Waals surface area (Å²) in [5, 5.41) is 23.3. The second-order valence-corrected chi connectivity index (χ2v) is 9.51. The van der Waals surface area contributed by atoms with Crippen LogP contribution in [-0.2, 0) is 0 Å². The molecular weight excluding hydrogens is 468 g/mol. The van der Waals surface area contributed by atoms with Crippen LogP contribution in [-0.4, -0.2) is 26.5 Å². The number of nitrogens with one attached hydrogen (secondary N) is 3. The monoisotopic (exact) mass is 490 g/mol. The highest BCUT2D eigenvalue weighted by molar-refractivity contribution is 7.17. The highest BCUT2D eigenvalue weighted by atomic mass is 32.1. The Balaban J connectivity index is 1.25. The lowest BCUT2D eigenvalue weighted by Gasteiger charge is -2.15. The van der Waals surface area contributed by atoms with Gasteiger partial charge in [0.25, 0.3) is 5.69 Å². The number of nitro benzene ring substituents is 1. The van der Waals surface area contributed by atoms with Gasteiger partial charge in [0.05, 0.1) is 10.3 Å². The zero-order chi connectivity index (χ0) is 24.6. The molecule has 0 radical (unpaired) electrons. The van der Waals surface area contributed by atoms with E-state index in [2.05, 4.69) is 40.2 Å². The van der Waals surface area contributed by atoms with Gasteiger partial charge in [0.2, 0.25) is 5.95 Å². The number of nitro groups is 1. The fraction of sp³-hybridized carbons (Fsp3) is 0.208. The summed E-state index contributed by atoms with van der Waals surface area (Å²) in [6, 6.07) is 12.3. The Morgan fingerprint density at radius 3 is 2.43 bits per heavy atom. The number of ether oxygens (including phenoxy) is 1. The van der Waals surface area contributed by atoms with Crippen molar-refractivity contribution in [3.05, 3.63) is 69.6 Å². The average molecular weight is 491 g/mol. The highest BCUT2D eigenvalue weighted by Gasteiger charge is 2.38. The van der Waals surface area contributed by atoms with E-state index in [0.29, 0.717) is 11.6 Å². The first-order valence-electron chi connectivity index (χ1n) is 10.9. The lowest BCUT2D eigenvalue weighted by atomic mass is 10.2. The number of fused-ring (bicyclic) bond motifs is 1. The maximum absolute atomic E-state index is 12.2. The Morgan fingerprint density at radius 2 is 1.77 bits per heavy atom. The molecular formula is C24H22N6O4S. The van der Waals surface area contributed by atoms with Gasteiger partial charge in [-0.05, 0) is 74.0 Å². The second kappa shape index (κ2) is 8.84. The quantitative estimate of drug-likeness (QED) is 0.205. The van der Waals surface area contributed by atoms with Gasteiger partial charge >= 0.3 is 6.09 Å². The number of carbonyl (C=O) groups excluding carboxylic acids is 1. The molecule has 2 heterocycles. The van der Waals surface area contributed by atoms with E-state index in [1.807, 2.05) is 0 Å². The smallest absolute Gasteiger partial charge is 0.410 e. The number of carbonyl (C=O) groups is 1. The van der Waals surface area contributed by atoms with Crippen LogP contribution in [0.25, 0.3) is 10.2 Å². The van der Waals surface area contributed by atoms with Crippen molar-refractivity contribution < 1.29 is 14.5 Å². The minimum absolute atomic E-state index is 0.0807. The van der Waals surface area contributed by atoms with Gasteiger partial charge in [-0.3, -0.25) is 15.4 Å². The fourth-order valence-corrected chi connectivity index (χ4v) is 4.40. The number of thiophene rings is 1. The highest BCUT2D eigenvalue weighted by Crippen LogP contribution is 2.41. The van der Waals surface area contributed by atoms with Crippen molar-refractivity contribution in [1.82, 2.24) is 9.97 Å². The lowest BCUT2D eigenvalue weighted by molar-refractivity contribution is -0.384. The normalized spacial score (nSPS) is 13.8. The number of aromatic nitrogens is 2. The predicted molar refractivity (Wildman–Crippen MR) is 136 cm³/mol. The predicted octanol–water partition coefficient (Wildman–Crippen LogP) is 6.23. The van der Waals surface area contributed by atoms with E-state index in [1.54, 1.807) is 35.6 Å². The molecule has 2 aromatic heterocycles. The molecule has 0 aliphatic heterocycles. The molecule has 2 aromatic carbocycles. The maximum atomic E-state index is 12.2. The maximum Gasteiger partial charge on any atom is 0.417 e. The molecule has 4 aromatic rings. The SMILES string of the molecule is Cc1csc2nc(Nc3ccc(NC(=O)Oc4ccc([N+](=O)[O-])cc4)cc3)nc(NC3(C)CC3)c12. The van der Waals surface area contributed by atoms with E-state index in [1.165, 1.54) is 24.3 Å². The van der Waals surface area contributed by atoms with Crippen LogP contribution in [0.3, 0.4) is 0 Å². The summed E-state index contributed by atoms with van der Waals surface area (Å²) >= 11 is 1.59. The molecule has 1 amide bonds. The molecule has 0 unspecified atom stereocenters. The lowest BCUT2D eigenvalue weighted by Crippen LogP contribution is -2.18. The van der Waals surface area contributed by atoms with Gasteiger partial charge in [0.15, 0.2) is 0 Å². The number of rotatable bonds is 7. The molecule has 0 bridgehead atoms. The number of nitrogens with zero attached hydrogens (tertiary/aromatic N) is 3. The van der Waals surface area contributed by atoms with Crippen LogP contribution < -0.4 is 20.7 Å². The first kappa shape index (κ1) is 22.5. The van der Waals surface area contributed by atoms with E-state index < -0.39 is 11.0 Å². The van der Waals surface area contributed by atoms with Crippen LogP contribution in [0.15, 0.2) is 53.9 Å². The molecule has 35 heavy (non-hydrogen) atoms. The minimum atomic E-state index is -0.703. The summed E-state index contributed by atoms with van der Waals surface area (Å²) in [5.74, 6) is 1.53. The van der Waals surface area contributed by atoms with Gasteiger partial charge in [0.1, 0.15) is 16.4 Å². The number of hydrogen-bond acceptors (Lipinski definition) is 9.